The first-order valence-corrected chi connectivity index (χ1v) is 11.7. The molecule has 0 radical (unpaired) electrons. The van der Waals surface area contributed by atoms with Gasteiger partial charge in [0.15, 0.2) is 6.23 Å². The van der Waals surface area contributed by atoms with Crippen molar-refractivity contribution in [1.29, 1.82) is 0 Å². The van der Waals surface area contributed by atoms with E-state index in [9.17, 15) is 29.3 Å². The van der Waals surface area contributed by atoms with Gasteiger partial charge >= 0.3 is 13.5 Å². The summed E-state index contributed by atoms with van der Waals surface area (Å²) in [7, 11) is -3.51. The van der Waals surface area contributed by atoms with Gasteiger partial charge in [-0.2, -0.15) is 0 Å². The highest BCUT2D eigenvalue weighted by molar-refractivity contribution is 7.47. The van der Waals surface area contributed by atoms with Crippen molar-refractivity contribution in [3.05, 3.63) is 63.2 Å². The number of aromatic nitrogens is 3. The molecular formula is C19H25FN3O11P. The van der Waals surface area contributed by atoms with E-state index in [1.165, 1.54) is 7.11 Å². The third kappa shape index (κ3) is 7.10. The van der Waals surface area contributed by atoms with Crippen molar-refractivity contribution in [2.45, 2.75) is 37.0 Å². The van der Waals surface area contributed by atoms with E-state index in [2.05, 4.69) is 9.51 Å². The molecule has 14 nitrogen and oxygen atoms in total. The number of alkyl halides is 1. The number of ether oxygens (including phenoxy) is 3. The smallest absolute Gasteiger partial charge is 0.385 e. The number of hydrogen-bond donors (Lipinski definition) is 4. The number of halogens is 1. The van der Waals surface area contributed by atoms with Crippen LogP contribution in [0.15, 0.2) is 46.4 Å². The Morgan fingerprint density at radius 3 is 2.74 bits per heavy atom. The van der Waals surface area contributed by atoms with Crippen LogP contribution in [-0.2, 0) is 34.4 Å². The second-order valence-corrected chi connectivity index (χ2v) is 8.99. The molecule has 3 rings (SSSR count). The summed E-state index contributed by atoms with van der Waals surface area (Å²) in [6.07, 6.45) is -2.71. The van der Waals surface area contributed by atoms with E-state index in [0.717, 1.165) is 17.8 Å². The van der Waals surface area contributed by atoms with Crippen LogP contribution in [0.1, 0.15) is 11.8 Å². The zero-order chi connectivity index (χ0) is 25.6. The second-order valence-electron chi connectivity index (χ2n) is 7.53. The van der Waals surface area contributed by atoms with E-state index < -0.39 is 62.7 Å². The lowest BCUT2D eigenvalue weighted by molar-refractivity contribution is -0.205. The molecule has 35 heavy (non-hydrogen) atoms. The average molecular weight is 521 g/mol. The summed E-state index contributed by atoms with van der Waals surface area (Å²) in [5.41, 5.74) is -1.05. The first-order valence-electron chi connectivity index (χ1n) is 10.2. The lowest BCUT2D eigenvalue weighted by Gasteiger charge is -2.24. The van der Waals surface area contributed by atoms with Crippen LogP contribution in [-0.4, -0.2) is 80.7 Å². The van der Waals surface area contributed by atoms with Gasteiger partial charge in [0.1, 0.15) is 24.9 Å². The molecule has 1 aliphatic rings. The minimum Gasteiger partial charge on any atom is -0.385 e. The molecule has 0 bridgehead atoms. The summed E-state index contributed by atoms with van der Waals surface area (Å²) in [5, 5.41) is 20.2. The van der Waals surface area contributed by atoms with Gasteiger partial charge in [-0.15, -0.1) is 0 Å². The fraction of sp³-hybridized carbons (Fsp3) is 0.526. The Morgan fingerprint density at radius 1 is 1.31 bits per heavy atom. The highest BCUT2D eigenvalue weighted by Gasteiger charge is 2.57. The molecule has 2 unspecified atom stereocenters. The SMILES string of the molecule is COCC(COP(=O)(O)OC[C@@]1(F)O[C@@H](n2ccc(=O)[nH]c2=O)[C@H](O)[C@@H]1O)OCc1cccnc1. The number of pyridine rings is 1. The number of methoxy groups -OCH3 is 1. The minimum atomic E-state index is -4.89. The number of aliphatic hydroxyl groups is 2. The summed E-state index contributed by atoms with van der Waals surface area (Å²) in [5.74, 6) is -3.19. The first kappa shape index (κ1) is 27.3. The Bertz CT molecular complexity index is 1130. The number of nitrogens with zero attached hydrogens (tertiary/aromatic N) is 2. The maximum absolute atomic E-state index is 15.2. The number of H-pyrrole nitrogens is 1. The maximum Gasteiger partial charge on any atom is 0.472 e. The second kappa shape index (κ2) is 11.6. The molecule has 194 valence electrons. The number of hydrogen-bond acceptors (Lipinski definition) is 11. The Morgan fingerprint density at radius 2 is 2.09 bits per heavy atom. The Balaban J connectivity index is 1.57. The highest BCUT2D eigenvalue weighted by atomic mass is 31.2. The summed E-state index contributed by atoms with van der Waals surface area (Å²) in [6.45, 7) is -1.70. The van der Waals surface area contributed by atoms with Crippen LogP contribution in [0, 0.1) is 0 Å². The zero-order valence-electron chi connectivity index (χ0n) is 18.4. The summed E-state index contributed by atoms with van der Waals surface area (Å²) < 4.78 is 53.1. The van der Waals surface area contributed by atoms with Crippen LogP contribution in [0.3, 0.4) is 0 Å². The molecule has 0 saturated carbocycles. The predicted molar refractivity (Wildman–Crippen MR) is 114 cm³/mol. The molecule has 1 saturated heterocycles. The lowest BCUT2D eigenvalue weighted by atomic mass is 10.1. The Hall–Kier alpha value is -2.33. The average Bonchev–Trinajstić information content (AvgIpc) is 3.05. The van der Waals surface area contributed by atoms with E-state index in [4.69, 9.17) is 18.7 Å². The molecule has 2 aromatic rings. The van der Waals surface area contributed by atoms with Crippen molar-refractivity contribution in [2.75, 3.05) is 26.9 Å². The van der Waals surface area contributed by atoms with Crippen molar-refractivity contribution >= 4 is 7.82 Å². The molecule has 0 aromatic carbocycles. The Kier molecular flexibility index (Phi) is 9.04. The molecule has 4 N–H and O–H groups in total. The molecule has 0 aliphatic carbocycles. The van der Waals surface area contributed by atoms with Crippen molar-refractivity contribution < 1.29 is 47.3 Å². The van der Waals surface area contributed by atoms with Crippen molar-refractivity contribution in [2.24, 2.45) is 0 Å². The van der Waals surface area contributed by atoms with E-state index in [-0.39, 0.29) is 13.2 Å². The molecule has 6 atom stereocenters. The van der Waals surface area contributed by atoms with Crippen LogP contribution < -0.4 is 11.2 Å². The lowest BCUT2D eigenvalue weighted by Crippen LogP contribution is -2.43. The van der Waals surface area contributed by atoms with E-state index in [0.29, 0.717) is 4.57 Å². The third-order valence-electron chi connectivity index (χ3n) is 4.91. The van der Waals surface area contributed by atoms with Crippen molar-refractivity contribution in [3.63, 3.8) is 0 Å². The number of nitrogens with one attached hydrogen (secondary N) is 1. The zero-order valence-corrected chi connectivity index (χ0v) is 19.3. The van der Waals surface area contributed by atoms with Crippen LogP contribution in [0.2, 0.25) is 0 Å². The third-order valence-corrected chi connectivity index (χ3v) is 5.84. The van der Waals surface area contributed by atoms with Gasteiger partial charge in [0.05, 0.1) is 19.8 Å². The molecule has 1 fully saturated rings. The summed E-state index contributed by atoms with van der Waals surface area (Å²) in [6, 6.07) is 4.38. The molecule has 1 aliphatic heterocycles. The normalized spacial score (nSPS) is 26.9. The number of phosphoric ester groups is 1. The fourth-order valence-corrected chi connectivity index (χ4v) is 3.90. The predicted octanol–water partition coefficient (Wildman–Crippen LogP) is -0.787. The number of aromatic amines is 1. The van der Waals surface area contributed by atoms with Gasteiger partial charge in [-0.05, 0) is 11.6 Å². The van der Waals surface area contributed by atoms with Crippen LogP contribution in [0.5, 0.6) is 0 Å². The van der Waals surface area contributed by atoms with Crippen molar-refractivity contribution in [1.82, 2.24) is 14.5 Å². The van der Waals surface area contributed by atoms with E-state index >= 15 is 4.39 Å². The van der Waals surface area contributed by atoms with E-state index in [1.807, 2.05) is 4.98 Å². The van der Waals surface area contributed by atoms with Crippen molar-refractivity contribution in [3.8, 4) is 0 Å². The number of aliphatic hydroxyl groups excluding tert-OH is 2. The standard InChI is InChI=1S/C19H25FN3O11P/c1-30-9-13(31-8-12-3-2-5-21-7-12)10-32-35(28,29)33-11-19(20)16(26)15(25)17(34-19)23-6-4-14(24)22-18(23)27/h2-7,13,15-17,25-26H,8-11H2,1H3,(H,28,29)(H,22,24,27)/t13?,15-,16+,17-,19-/m1/s1. The number of phosphoric acid groups is 1. The molecule has 3 heterocycles. The number of rotatable bonds is 12. The fourth-order valence-electron chi connectivity index (χ4n) is 3.13. The molecule has 0 spiro atoms. The topological polar surface area (TPSA) is 192 Å². The minimum absolute atomic E-state index is 0.00305. The van der Waals surface area contributed by atoms with Gasteiger partial charge in [-0.25, -0.2) is 13.8 Å². The van der Waals surface area contributed by atoms with E-state index in [1.54, 1.807) is 24.5 Å². The van der Waals surface area contributed by atoms with Crippen LogP contribution in [0.4, 0.5) is 4.39 Å². The van der Waals surface area contributed by atoms with Gasteiger partial charge in [0, 0.05) is 31.8 Å². The van der Waals surface area contributed by atoms with Crippen LogP contribution >= 0.6 is 7.82 Å². The summed E-state index contributed by atoms with van der Waals surface area (Å²) in [4.78, 5) is 38.9. The largest absolute Gasteiger partial charge is 0.472 e. The first-order chi connectivity index (χ1) is 16.5. The van der Waals surface area contributed by atoms with Gasteiger partial charge in [0.25, 0.3) is 11.4 Å². The monoisotopic (exact) mass is 521 g/mol. The van der Waals surface area contributed by atoms with Gasteiger partial charge in [-0.3, -0.25) is 28.4 Å². The summed E-state index contributed by atoms with van der Waals surface area (Å²) >= 11 is 0. The highest BCUT2D eigenvalue weighted by Crippen LogP contribution is 2.47. The molecular weight excluding hydrogens is 496 g/mol. The van der Waals surface area contributed by atoms with Gasteiger partial charge in [0.2, 0.25) is 0 Å². The quantitative estimate of drug-likeness (QED) is 0.255. The molecule has 16 heteroatoms. The molecule has 0 amide bonds. The molecule has 2 aromatic heterocycles. The Labute approximate surface area is 197 Å². The van der Waals surface area contributed by atoms with Gasteiger partial charge in [-0.1, -0.05) is 6.07 Å². The van der Waals surface area contributed by atoms with Crippen LogP contribution in [0.25, 0.3) is 0 Å². The maximum atomic E-state index is 15.2. The van der Waals surface area contributed by atoms with Gasteiger partial charge < -0.3 is 29.3 Å².